The number of aliphatic hydroxyl groups excluding tert-OH is 1. The predicted octanol–water partition coefficient (Wildman–Crippen LogP) is 1.11. The van der Waals surface area contributed by atoms with Gasteiger partial charge >= 0.3 is 0 Å². The van der Waals surface area contributed by atoms with Crippen LogP contribution in [0.3, 0.4) is 0 Å². The third-order valence-electron chi connectivity index (χ3n) is 2.66. The quantitative estimate of drug-likeness (QED) is 0.826. The second-order valence-corrected chi connectivity index (χ2v) is 6.62. The second-order valence-electron chi connectivity index (χ2n) is 4.03. The molecule has 0 bridgehead atoms. The van der Waals surface area contributed by atoms with Gasteiger partial charge in [-0.3, -0.25) is 0 Å². The standard InChI is InChI=1S/C11H12BrN3O4S/c1-7-9(12)2-8(5-16)3-10(7)20(17,18)14-4-11-13-6-19-15-11/h2-3,6,14,16H,4-5H2,1H3. The molecule has 0 aliphatic rings. The Morgan fingerprint density at radius 1 is 1.45 bits per heavy atom. The minimum absolute atomic E-state index is 0.0702. The fourth-order valence-corrected chi connectivity index (χ4v) is 3.52. The van der Waals surface area contributed by atoms with Gasteiger partial charge in [0.2, 0.25) is 16.4 Å². The first kappa shape index (κ1) is 15.1. The smallest absolute Gasteiger partial charge is 0.241 e. The molecule has 7 nitrogen and oxygen atoms in total. The summed E-state index contributed by atoms with van der Waals surface area (Å²) in [6, 6.07) is 3.10. The third kappa shape index (κ3) is 3.23. The van der Waals surface area contributed by atoms with Crippen molar-refractivity contribution in [3.05, 3.63) is 40.0 Å². The van der Waals surface area contributed by atoms with Crippen LogP contribution in [0.4, 0.5) is 0 Å². The molecule has 0 amide bonds. The molecule has 9 heteroatoms. The molecule has 20 heavy (non-hydrogen) atoms. The number of hydrogen-bond acceptors (Lipinski definition) is 6. The van der Waals surface area contributed by atoms with Gasteiger partial charge in [-0.1, -0.05) is 21.1 Å². The molecule has 0 fully saturated rings. The van der Waals surface area contributed by atoms with E-state index in [9.17, 15) is 8.42 Å². The molecule has 1 aromatic heterocycles. The first-order valence-corrected chi connectivity index (χ1v) is 7.86. The molecular weight excluding hydrogens is 350 g/mol. The fraction of sp³-hybridized carbons (Fsp3) is 0.273. The van der Waals surface area contributed by atoms with Gasteiger partial charge in [-0.05, 0) is 30.2 Å². The third-order valence-corrected chi connectivity index (χ3v) is 5.01. The fourth-order valence-electron chi connectivity index (χ4n) is 1.59. The molecule has 1 heterocycles. The number of halogens is 1. The number of hydrogen-bond donors (Lipinski definition) is 2. The lowest BCUT2D eigenvalue weighted by Gasteiger charge is -2.11. The van der Waals surface area contributed by atoms with Crippen LogP contribution in [-0.2, 0) is 23.2 Å². The van der Waals surface area contributed by atoms with Crippen molar-refractivity contribution in [1.29, 1.82) is 0 Å². The maximum atomic E-state index is 12.3. The monoisotopic (exact) mass is 361 g/mol. The van der Waals surface area contributed by atoms with Crippen LogP contribution in [0.2, 0.25) is 0 Å². The van der Waals surface area contributed by atoms with Crippen LogP contribution in [-0.4, -0.2) is 23.7 Å². The predicted molar refractivity (Wildman–Crippen MR) is 73.1 cm³/mol. The minimum Gasteiger partial charge on any atom is -0.392 e. The van der Waals surface area contributed by atoms with Crippen LogP contribution in [0.5, 0.6) is 0 Å². The highest BCUT2D eigenvalue weighted by Crippen LogP contribution is 2.25. The van der Waals surface area contributed by atoms with Crippen molar-refractivity contribution >= 4 is 26.0 Å². The van der Waals surface area contributed by atoms with Gasteiger partial charge in [-0.2, -0.15) is 4.98 Å². The molecule has 0 radical (unpaired) electrons. The van der Waals surface area contributed by atoms with E-state index >= 15 is 0 Å². The van der Waals surface area contributed by atoms with Gasteiger partial charge < -0.3 is 9.63 Å². The molecule has 0 atom stereocenters. The van der Waals surface area contributed by atoms with Crippen molar-refractivity contribution in [2.45, 2.75) is 25.0 Å². The van der Waals surface area contributed by atoms with E-state index in [0.717, 1.165) is 6.39 Å². The van der Waals surface area contributed by atoms with Crippen LogP contribution in [0.25, 0.3) is 0 Å². The average Bonchev–Trinajstić information content (AvgIpc) is 2.92. The molecule has 0 spiro atoms. The van der Waals surface area contributed by atoms with Crippen LogP contribution < -0.4 is 4.72 Å². The largest absolute Gasteiger partial charge is 0.392 e. The van der Waals surface area contributed by atoms with Gasteiger partial charge in [0.25, 0.3) is 0 Å². The number of nitrogens with zero attached hydrogens (tertiary/aromatic N) is 2. The Kier molecular flexibility index (Phi) is 4.53. The van der Waals surface area contributed by atoms with Gasteiger partial charge in [-0.25, -0.2) is 13.1 Å². The van der Waals surface area contributed by atoms with E-state index in [-0.39, 0.29) is 23.9 Å². The zero-order valence-corrected chi connectivity index (χ0v) is 12.9. The summed E-state index contributed by atoms with van der Waals surface area (Å²) in [5.41, 5.74) is 1.06. The lowest BCUT2D eigenvalue weighted by atomic mass is 10.2. The Hall–Kier alpha value is -1.29. The second kappa shape index (κ2) is 6.00. The summed E-state index contributed by atoms with van der Waals surface area (Å²) >= 11 is 3.28. The zero-order chi connectivity index (χ0) is 14.8. The molecule has 1 aromatic carbocycles. The number of rotatable bonds is 5. The minimum atomic E-state index is -3.73. The van der Waals surface area contributed by atoms with E-state index in [2.05, 4.69) is 35.3 Å². The Morgan fingerprint density at radius 2 is 2.20 bits per heavy atom. The van der Waals surface area contributed by atoms with Crippen molar-refractivity contribution in [2.75, 3.05) is 0 Å². The topological polar surface area (TPSA) is 105 Å². The summed E-state index contributed by atoms with van der Waals surface area (Å²) in [7, 11) is -3.73. The van der Waals surface area contributed by atoms with Gasteiger partial charge in [0.15, 0.2) is 5.82 Å². The highest BCUT2D eigenvalue weighted by Gasteiger charge is 2.19. The van der Waals surface area contributed by atoms with Crippen molar-refractivity contribution in [2.24, 2.45) is 0 Å². The maximum absolute atomic E-state index is 12.3. The van der Waals surface area contributed by atoms with E-state index in [4.69, 9.17) is 5.11 Å². The summed E-state index contributed by atoms with van der Waals surface area (Å²) in [5, 5.41) is 12.7. The first-order valence-electron chi connectivity index (χ1n) is 5.59. The number of benzene rings is 1. The van der Waals surface area contributed by atoms with Crippen LogP contribution in [0.1, 0.15) is 17.0 Å². The highest BCUT2D eigenvalue weighted by atomic mass is 79.9. The molecule has 2 rings (SSSR count). The lowest BCUT2D eigenvalue weighted by Crippen LogP contribution is -2.24. The van der Waals surface area contributed by atoms with Gasteiger partial charge in [-0.15, -0.1) is 0 Å². The van der Waals surface area contributed by atoms with Crippen LogP contribution in [0, 0.1) is 6.92 Å². The molecule has 2 aromatic rings. The highest BCUT2D eigenvalue weighted by molar-refractivity contribution is 9.10. The summed E-state index contributed by atoms with van der Waals surface area (Å²) in [6.45, 7) is 1.36. The van der Waals surface area contributed by atoms with Crippen molar-refractivity contribution in [1.82, 2.24) is 14.9 Å². The van der Waals surface area contributed by atoms with Gasteiger partial charge in [0.05, 0.1) is 18.0 Å². The van der Waals surface area contributed by atoms with Crippen molar-refractivity contribution < 1.29 is 18.0 Å². The van der Waals surface area contributed by atoms with E-state index in [1.807, 2.05) is 0 Å². The first-order chi connectivity index (χ1) is 9.44. The van der Waals surface area contributed by atoms with Gasteiger partial charge in [0, 0.05) is 4.47 Å². The average molecular weight is 362 g/mol. The SMILES string of the molecule is Cc1c(Br)cc(CO)cc1S(=O)(=O)NCc1ncon1. The van der Waals surface area contributed by atoms with Gasteiger partial charge in [0.1, 0.15) is 0 Å². The van der Waals surface area contributed by atoms with Crippen molar-refractivity contribution in [3.8, 4) is 0 Å². The summed E-state index contributed by atoms with van der Waals surface area (Å²) in [4.78, 5) is 3.83. The number of aliphatic hydroxyl groups is 1. The Balaban J connectivity index is 2.31. The molecule has 0 aliphatic carbocycles. The Morgan fingerprint density at radius 3 is 2.80 bits per heavy atom. The Labute approximate surface area is 124 Å². The molecule has 0 saturated carbocycles. The molecule has 108 valence electrons. The van der Waals surface area contributed by atoms with Crippen LogP contribution in [0.15, 0.2) is 32.4 Å². The maximum Gasteiger partial charge on any atom is 0.241 e. The summed E-state index contributed by atoms with van der Waals surface area (Å²) in [5.74, 6) is 0.239. The Bertz CT molecular complexity index is 701. The van der Waals surface area contributed by atoms with Crippen LogP contribution >= 0.6 is 15.9 Å². The van der Waals surface area contributed by atoms with Crippen molar-refractivity contribution in [3.63, 3.8) is 0 Å². The molecular formula is C11H12BrN3O4S. The molecule has 0 saturated heterocycles. The van der Waals surface area contributed by atoms with E-state index in [1.54, 1.807) is 13.0 Å². The molecule has 0 aliphatic heterocycles. The zero-order valence-electron chi connectivity index (χ0n) is 10.5. The van der Waals surface area contributed by atoms with E-state index < -0.39 is 10.0 Å². The summed E-state index contributed by atoms with van der Waals surface area (Å²) < 4.78 is 32.1. The normalized spacial score (nSPS) is 11.8. The number of aromatic nitrogens is 2. The number of sulfonamides is 1. The van der Waals surface area contributed by atoms with E-state index in [0.29, 0.717) is 15.6 Å². The number of nitrogens with one attached hydrogen (secondary N) is 1. The summed E-state index contributed by atoms with van der Waals surface area (Å²) in [6.07, 6.45) is 1.12. The molecule has 0 unspecified atom stereocenters. The lowest BCUT2D eigenvalue weighted by molar-refractivity contribution is 0.281. The van der Waals surface area contributed by atoms with E-state index in [1.165, 1.54) is 6.07 Å². The molecule has 2 N–H and O–H groups in total.